The summed E-state index contributed by atoms with van der Waals surface area (Å²) in [5.74, 6) is -9.78. The lowest BCUT2D eigenvalue weighted by atomic mass is 9.54. The quantitative estimate of drug-likeness (QED) is 0.287. The molecule has 11 heteroatoms. The third-order valence-corrected chi connectivity index (χ3v) is 7.60. The fourth-order valence-corrected chi connectivity index (χ4v) is 6.22. The predicted molar refractivity (Wildman–Crippen MR) is 125 cm³/mol. The number of aryl methyl sites for hydroxylation is 1. The number of ketones is 2. The van der Waals surface area contributed by atoms with Crippen molar-refractivity contribution in [3.8, 4) is 5.75 Å². The number of ether oxygens (including phenoxy) is 1. The van der Waals surface area contributed by atoms with Gasteiger partial charge in [0.15, 0.2) is 11.4 Å². The van der Waals surface area contributed by atoms with Crippen molar-refractivity contribution in [2.24, 2.45) is 17.6 Å². The van der Waals surface area contributed by atoms with Crippen molar-refractivity contribution in [3.63, 3.8) is 0 Å². The van der Waals surface area contributed by atoms with E-state index in [-0.39, 0.29) is 11.3 Å². The number of aliphatic hydroxyl groups excluding tert-OH is 2. The molecule has 0 bridgehead atoms. The molecule has 1 aromatic carbocycles. The van der Waals surface area contributed by atoms with Crippen LogP contribution in [0.1, 0.15) is 36.5 Å². The van der Waals surface area contributed by atoms with Gasteiger partial charge < -0.3 is 30.9 Å². The Hall–Kier alpha value is -3.70. The minimum Gasteiger partial charge on any atom is -0.508 e. The predicted octanol–water partition coefficient (Wildman–Crippen LogP) is 0.375. The number of amides is 1. The second-order valence-electron chi connectivity index (χ2n) is 9.82. The molecule has 4 rings (SSSR count). The fraction of sp³-hybridized carbons (Fsp3) is 0.440. The Kier molecular flexibility index (Phi) is 5.76. The summed E-state index contributed by atoms with van der Waals surface area (Å²) in [6.45, 7) is 4.56. The number of hydrogen-bond acceptors (Lipinski definition) is 10. The van der Waals surface area contributed by atoms with Gasteiger partial charge in [-0.25, -0.2) is 0 Å². The second-order valence-corrected chi connectivity index (χ2v) is 9.82. The third-order valence-electron chi connectivity index (χ3n) is 7.60. The molecule has 1 amide bonds. The highest BCUT2D eigenvalue weighted by Crippen LogP contribution is 2.57. The molecule has 1 saturated carbocycles. The average Bonchev–Trinajstić information content (AvgIpc) is 2.76. The van der Waals surface area contributed by atoms with Crippen LogP contribution >= 0.6 is 0 Å². The summed E-state index contributed by atoms with van der Waals surface area (Å²) in [7, 11) is 2.92. The summed E-state index contributed by atoms with van der Waals surface area (Å²) in [6, 6.07) is 1.57. The Morgan fingerprint density at radius 1 is 1.14 bits per heavy atom. The number of aromatic hydroxyl groups is 1. The molecule has 0 heterocycles. The summed E-state index contributed by atoms with van der Waals surface area (Å²) in [5.41, 5.74) is 2.19. The van der Waals surface area contributed by atoms with Gasteiger partial charge in [-0.3, -0.25) is 24.1 Å². The maximum absolute atomic E-state index is 14.0. The van der Waals surface area contributed by atoms with E-state index >= 15 is 0 Å². The fourth-order valence-electron chi connectivity index (χ4n) is 6.22. The number of rotatable bonds is 3. The van der Waals surface area contributed by atoms with Crippen LogP contribution in [0, 0.1) is 18.8 Å². The van der Waals surface area contributed by atoms with Crippen LogP contribution in [-0.2, 0) is 23.9 Å². The van der Waals surface area contributed by atoms with Gasteiger partial charge in [-0.1, -0.05) is 13.0 Å². The zero-order valence-corrected chi connectivity index (χ0v) is 20.4. The van der Waals surface area contributed by atoms with Crippen LogP contribution in [0.15, 0.2) is 29.0 Å². The van der Waals surface area contributed by atoms with Crippen LogP contribution in [-0.4, -0.2) is 80.6 Å². The second kappa shape index (κ2) is 8.17. The van der Waals surface area contributed by atoms with Crippen molar-refractivity contribution < 1.29 is 44.3 Å². The lowest BCUT2D eigenvalue weighted by Gasteiger charge is -2.54. The van der Waals surface area contributed by atoms with Gasteiger partial charge in [-0.2, -0.15) is 0 Å². The summed E-state index contributed by atoms with van der Waals surface area (Å²) < 4.78 is 5.63. The largest absolute Gasteiger partial charge is 0.508 e. The first kappa shape index (κ1) is 25.4. The molecule has 11 nitrogen and oxygen atoms in total. The van der Waals surface area contributed by atoms with E-state index in [9.17, 15) is 39.6 Å². The number of esters is 1. The molecule has 36 heavy (non-hydrogen) atoms. The van der Waals surface area contributed by atoms with Gasteiger partial charge >= 0.3 is 5.97 Å². The molecule has 3 aliphatic rings. The molecule has 0 aliphatic heterocycles. The van der Waals surface area contributed by atoms with Crippen molar-refractivity contribution in [3.05, 3.63) is 45.7 Å². The summed E-state index contributed by atoms with van der Waals surface area (Å²) in [4.78, 5) is 53.1. The Morgan fingerprint density at radius 3 is 2.28 bits per heavy atom. The van der Waals surface area contributed by atoms with Crippen LogP contribution in [0.2, 0.25) is 0 Å². The highest BCUT2D eigenvalue weighted by Gasteiger charge is 2.69. The van der Waals surface area contributed by atoms with Crippen molar-refractivity contribution in [1.29, 1.82) is 0 Å². The maximum atomic E-state index is 14.0. The zero-order chi connectivity index (χ0) is 27.0. The standard InChI is InChI=1S/C25H28N2O9/c1-8-6-7-11(29)14-12(8)9(2)13-15(19(14)30)22(32)25(35)17(21(13)36-10(3)28)18(27(4)5)20(31)16(23(25)33)24(26)34/h6-7,9,13,17-18,21,29-30,33,35H,1-5H3,(H2,26,34)/t9-,13?,17?,18-,21?,25-/m0/s1. The number of aliphatic hydroxyl groups is 3. The lowest BCUT2D eigenvalue weighted by molar-refractivity contribution is -0.184. The molecule has 1 fully saturated rings. The average molecular weight is 501 g/mol. The van der Waals surface area contributed by atoms with Gasteiger partial charge in [0.25, 0.3) is 5.91 Å². The molecule has 6 N–H and O–H groups in total. The van der Waals surface area contributed by atoms with Gasteiger partial charge in [0, 0.05) is 18.4 Å². The first-order chi connectivity index (χ1) is 16.7. The zero-order valence-electron chi connectivity index (χ0n) is 20.4. The number of carbonyl (C=O) groups excluding carboxylic acids is 4. The minimum absolute atomic E-state index is 0.0274. The summed E-state index contributed by atoms with van der Waals surface area (Å²) >= 11 is 0. The Balaban J connectivity index is 2.14. The smallest absolute Gasteiger partial charge is 0.302 e. The number of hydrogen-bond donors (Lipinski definition) is 5. The molecule has 0 saturated heterocycles. The number of Topliss-reactive ketones (excluding diaryl/α,β-unsaturated/α-hetero) is 2. The first-order valence-corrected chi connectivity index (χ1v) is 11.3. The van der Waals surface area contributed by atoms with Crippen LogP contribution in [0.4, 0.5) is 0 Å². The van der Waals surface area contributed by atoms with Crippen molar-refractivity contribution in [1.82, 2.24) is 4.90 Å². The van der Waals surface area contributed by atoms with Crippen LogP contribution in [0.3, 0.4) is 0 Å². The Labute approximate surface area is 206 Å². The maximum Gasteiger partial charge on any atom is 0.302 e. The normalized spacial score (nSPS) is 31.7. The van der Waals surface area contributed by atoms with E-state index in [0.29, 0.717) is 11.1 Å². The lowest BCUT2D eigenvalue weighted by Crippen LogP contribution is -2.71. The molecule has 0 spiro atoms. The number of carbonyl (C=O) groups is 4. The molecule has 0 radical (unpaired) electrons. The molecule has 6 atom stereocenters. The minimum atomic E-state index is -2.94. The van der Waals surface area contributed by atoms with E-state index < -0.39 is 81.6 Å². The van der Waals surface area contributed by atoms with Gasteiger partial charge in [0.05, 0.1) is 17.5 Å². The Bertz CT molecular complexity index is 1290. The van der Waals surface area contributed by atoms with E-state index in [0.717, 1.165) is 6.92 Å². The SMILES string of the molecule is CC(=O)OC1C2C(=C(O)c3c(O)ccc(C)c3[C@@H]2C)C(=O)[C@]2(O)C(O)=C(C(N)=O)C(=O)[C@@H](N(C)C)C12. The Morgan fingerprint density at radius 2 is 1.75 bits per heavy atom. The molecule has 1 aromatic rings. The third kappa shape index (κ3) is 3.12. The number of phenols is 1. The molecule has 3 aliphatic carbocycles. The van der Waals surface area contributed by atoms with Crippen molar-refractivity contribution >= 4 is 29.2 Å². The summed E-state index contributed by atoms with van der Waals surface area (Å²) in [6.07, 6.45) is -1.40. The number of primary amides is 1. The van der Waals surface area contributed by atoms with E-state index in [1.165, 1.54) is 25.1 Å². The van der Waals surface area contributed by atoms with Crippen LogP contribution < -0.4 is 5.73 Å². The number of benzene rings is 1. The van der Waals surface area contributed by atoms with E-state index in [2.05, 4.69) is 0 Å². The number of phenolic OH excluding ortho intramolecular Hbond substituents is 1. The number of nitrogens with zero attached hydrogens (tertiary/aromatic N) is 1. The monoisotopic (exact) mass is 500 g/mol. The molecule has 192 valence electrons. The number of likely N-dealkylation sites (N-methyl/N-ethyl adjacent to an activating group) is 1. The summed E-state index contributed by atoms with van der Waals surface area (Å²) in [5, 5.41) is 44.7. The first-order valence-electron chi connectivity index (χ1n) is 11.3. The van der Waals surface area contributed by atoms with Crippen molar-refractivity contribution in [2.45, 2.75) is 44.4 Å². The van der Waals surface area contributed by atoms with Crippen LogP contribution in [0.5, 0.6) is 5.75 Å². The number of nitrogens with two attached hydrogens (primary N) is 1. The van der Waals surface area contributed by atoms with Crippen molar-refractivity contribution in [2.75, 3.05) is 14.1 Å². The van der Waals surface area contributed by atoms with Gasteiger partial charge in [0.2, 0.25) is 5.78 Å². The van der Waals surface area contributed by atoms with E-state index in [4.69, 9.17) is 10.5 Å². The molecule has 3 unspecified atom stereocenters. The van der Waals surface area contributed by atoms with Gasteiger partial charge in [-0.05, 0) is 44.1 Å². The highest BCUT2D eigenvalue weighted by atomic mass is 16.5. The van der Waals surface area contributed by atoms with Gasteiger partial charge in [0.1, 0.15) is 28.9 Å². The molecule has 0 aromatic heterocycles. The van der Waals surface area contributed by atoms with E-state index in [1.54, 1.807) is 19.9 Å². The molecular weight excluding hydrogens is 472 g/mol. The molecular formula is C25H28N2O9. The van der Waals surface area contributed by atoms with Gasteiger partial charge in [-0.15, -0.1) is 0 Å². The highest BCUT2D eigenvalue weighted by molar-refractivity contribution is 6.24. The number of fused-ring (bicyclic) bond motifs is 3. The van der Waals surface area contributed by atoms with Crippen LogP contribution in [0.25, 0.3) is 5.76 Å². The van der Waals surface area contributed by atoms with E-state index in [1.807, 2.05) is 0 Å². The topological polar surface area (TPSA) is 188 Å².